The molecule has 0 amide bonds. The number of guanidine groups is 1. The molecule has 4 aliphatic heterocycles. The fourth-order valence-corrected chi connectivity index (χ4v) is 14.3. The number of nitrogens with zero attached hydrogens (tertiary/aromatic N) is 5. The number of fused-ring (bicyclic) bond motifs is 2. The maximum atomic E-state index is 9.05. The molecule has 10 rings (SSSR count). The minimum absolute atomic E-state index is 0.0590. The molecule has 51 N–H and O–H groups in total. The third kappa shape index (κ3) is 87.4. The van der Waals surface area contributed by atoms with E-state index in [1.165, 1.54) is 173 Å². The smallest absolute Gasteiger partial charge is 0.193 e. The number of rotatable bonds is 34. The lowest BCUT2D eigenvalue weighted by molar-refractivity contribution is 0.0697. The van der Waals surface area contributed by atoms with E-state index in [9.17, 15) is 0 Å². The highest BCUT2D eigenvalue weighted by molar-refractivity contribution is 5.84. The summed E-state index contributed by atoms with van der Waals surface area (Å²) in [5, 5.41) is 132. The van der Waals surface area contributed by atoms with Gasteiger partial charge in [0.1, 0.15) is 0 Å². The Morgan fingerprint density at radius 3 is 1.09 bits per heavy atom. The Morgan fingerprint density at radius 1 is 0.406 bits per heavy atom. The lowest BCUT2D eigenvalue weighted by Crippen LogP contribution is -2.50. The lowest BCUT2D eigenvalue weighted by Gasteiger charge is -2.33. The van der Waals surface area contributed by atoms with E-state index in [1.807, 2.05) is 0 Å². The Labute approximate surface area is 774 Å². The van der Waals surface area contributed by atoms with Crippen LogP contribution >= 0.6 is 0 Å². The Hall–Kier alpha value is -2.66. The van der Waals surface area contributed by atoms with Gasteiger partial charge >= 0.3 is 0 Å². The van der Waals surface area contributed by atoms with Crippen molar-refractivity contribution in [2.45, 2.75) is 285 Å². The predicted molar refractivity (Wildman–Crippen MR) is 527 cm³/mol. The molecule has 40 heteroatoms. The van der Waals surface area contributed by atoms with Crippen molar-refractivity contribution in [3.63, 3.8) is 0 Å². The molecule has 7 unspecified atom stereocenters. The number of aliphatic hydroxyl groups is 14. The van der Waals surface area contributed by atoms with Crippen LogP contribution in [-0.2, 0) is 0 Å². The number of hydrogen-bond acceptors (Lipinski definition) is 40. The monoisotopic (exact) mass is 1850 g/mol. The summed E-state index contributed by atoms with van der Waals surface area (Å²) in [6.45, 7) is 22.8. The van der Waals surface area contributed by atoms with Crippen molar-refractivity contribution in [2.24, 2.45) is 125 Å². The fraction of sp³-hybridized carbons (Fsp3) is 0.977. The van der Waals surface area contributed by atoms with E-state index < -0.39 is 30.9 Å². The quantitative estimate of drug-likeness (QED) is 0.0266. The standard InChI is InChI=1S/C13H26N2.C8H18N2.C7H13N3.C7H12N2.C6H16N2O2.2C6H14N2.C6H15NO3.C6H13NO.C4H13N3.C4H12N2.C4H11NO3.2C4H11NO2.C3H9NO/c14-12-5-1-10(2-6-12)9-11-3-7-13(15)8-4-11;9-5-7-2-1-3-8(4-7)6-10;1-3-8-7-9-4-2-6-10(7)5-1;1-3-7-8-4-2-6-9(7)5-1;9-5-3-7-1-2-8-4-6-10;7-5-1-2-6(8)4-3-5;7-5-2-1-3-6(8)4-5;8-4-1-7(2-5-9)3-6-10;7-5-3-1-2-4-6(5)8;5-1-3-7-4-2-6;5-3-1-2-4-6;5-4(1-6,2-7)3-8;1-4(5,2-6)3-7;6-3-1-5-2-4-7;1-3(4)2-5/h10-13H,1-9,14-15H2;7-8H,1-6,9-10H2;1-6H2,(H,8,9);1-6H2;7-10H,1-6H2;2*5-6H,1-4,7-8H2;8-10H,1-6H2;5-6,8H,1-4,7H2;7H,1-6H2;1-6H2;6-8H,1-3,5H2;6-7H,2-3,5H2,1H3;5-7H,1-4H2;3,5H,2,4H2,1H3. The van der Waals surface area contributed by atoms with E-state index in [0.29, 0.717) is 95.2 Å². The van der Waals surface area contributed by atoms with Crippen molar-refractivity contribution < 1.29 is 71.5 Å². The molecule has 0 bridgehead atoms. The van der Waals surface area contributed by atoms with Crippen molar-refractivity contribution in [3.05, 3.63) is 0 Å². The van der Waals surface area contributed by atoms with Crippen LogP contribution < -0.4 is 118 Å². The van der Waals surface area contributed by atoms with Gasteiger partial charge in [-0.15, -0.1) is 0 Å². The molecule has 774 valence electrons. The van der Waals surface area contributed by atoms with Crippen LogP contribution in [0.2, 0.25) is 0 Å². The predicted octanol–water partition coefficient (Wildman–Crippen LogP) is -6.45. The SMILES string of the molecule is C1CN=C2CCCN2C1.C1CN=C2NCCCN2C1.CC(N)(CO)CO.CC(N)CO.NC(CO)(CO)CO.NC1CCC(CC2CCC(N)CC2)CC1.NC1CCC(N)CC1.NC1CCCC(N)C1.NC1CCCCC1O.NCC1CCCC(CN)C1.NCCCCN.NCCNCCN.OCCN(CCO)CCO.OCCNCCNCCO.OCCNCCO. The lowest BCUT2D eigenvalue weighted by atomic mass is 9.76. The van der Waals surface area contributed by atoms with E-state index >= 15 is 0 Å². The largest absolute Gasteiger partial charge is 0.395 e. The zero-order valence-corrected chi connectivity index (χ0v) is 80.5. The number of nitrogens with one attached hydrogen (secondary N) is 5. The zero-order chi connectivity index (χ0) is 97.1. The van der Waals surface area contributed by atoms with E-state index in [0.717, 1.165) is 166 Å². The second-order valence-corrected chi connectivity index (χ2v) is 35.3. The molecule has 0 aromatic carbocycles. The van der Waals surface area contributed by atoms with Gasteiger partial charge < -0.3 is 200 Å². The van der Waals surface area contributed by atoms with Crippen molar-refractivity contribution in [2.75, 3.05) is 243 Å². The summed E-state index contributed by atoms with van der Waals surface area (Å²) in [6.07, 6.45) is 38.9. The summed E-state index contributed by atoms with van der Waals surface area (Å²) in [5.74, 6) is 6.00. The maximum Gasteiger partial charge on any atom is 0.193 e. The van der Waals surface area contributed by atoms with Crippen LogP contribution in [0.15, 0.2) is 9.98 Å². The normalized spacial score (nSPS) is 24.0. The number of hydrogen-bond donors (Lipinski definition) is 35. The highest BCUT2D eigenvalue weighted by Crippen LogP contribution is 2.35. The van der Waals surface area contributed by atoms with Gasteiger partial charge in [-0.3, -0.25) is 14.9 Å². The second-order valence-electron chi connectivity index (χ2n) is 35.3. The van der Waals surface area contributed by atoms with Gasteiger partial charge in [-0.2, -0.15) is 0 Å². The first-order valence-corrected chi connectivity index (χ1v) is 48.8. The molecule has 0 aromatic rings. The van der Waals surface area contributed by atoms with Crippen LogP contribution in [0.4, 0.5) is 0 Å². The van der Waals surface area contributed by atoms with Gasteiger partial charge in [0.15, 0.2) is 5.96 Å². The van der Waals surface area contributed by atoms with E-state index in [4.69, 9.17) is 163 Å². The average Bonchev–Trinajstić information content (AvgIpc) is 1.81. The first kappa shape index (κ1) is 134. The molecule has 6 saturated carbocycles. The Kier molecular flexibility index (Phi) is 102. The van der Waals surface area contributed by atoms with E-state index in [1.54, 1.807) is 18.7 Å². The minimum Gasteiger partial charge on any atom is -0.395 e. The fourth-order valence-electron chi connectivity index (χ4n) is 14.3. The molecule has 0 spiro atoms. The molecule has 2 saturated heterocycles. The van der Waals surface area contributed by atoms with Crippen molar-refractivity contribution >= 4 is 11.8 Å². The molecular formula is C88H208N26O14. The van der Waals surface area contributed by atoms with Crippen molar-refractivity contribution in [3.8, 4) is 0 Å². The molecule has 0 radical (unpaired) electrons. The van der Waals surface area contributed by atoms with Gasteiger partial charge in [0.2, 0.25) is 0 Å². The molecule has 7 atom stereocenters. The van der Waals surface area contributed by atoms with Crippen LogP contribution in [0.3, 0.4) is 0 Å². The first-order valence-electron chi connectivity index (χ1n) is 48.8. The Balaban J connectivity index is -0.000000425. The molecular weight excluding hydrogens is 1650 g/mol. The summed E-state index contributed by atoms with van der Waals surface area (Å²) in [5.41, 5.74) is 85.2. The third-order valence-corrected chi connectivity index (χ3v) is 22.6. The van der Waals surface area contributed by atoms with Crippen molar-refractivity contribution in [1.82, 2.24) is 41.3 Å². The van der Waals surface area contributed by atoms with Gasteiger partial charge in [0, 0.05) is 186 Å². The first-order chi connectivity index (χ1) is 61.5. The van der Waals surface area contributed by atoms with Crippen molar-refractivity contribution in [1.29, 1.82) is 0 Å². The van der Waals surface area contributed by atoms with E-state index in [-0.39, 0.29) is 84.3 Å². The van der Waals surface area contributed by atoms with Crippen LogP contribution in [0.25, 0.3) is 0 Å². The number of nitrogens with two attached hydrogens (primary N) is 16. The highest BCUT2D eigenvalue weighted by Gasteiger charge is 2.27. The molecule has 4 heterocycles. The average molecular weight is 1850 g/mol. The summed E-state index contributed by atoms with van der Waals surface area (Å²) in [6, 6.07) is 2.66. The number of aliphatic imine (C=N–C) groups is 2. The third-order valence-electron chi connectivity index (χ3n) is 22.6. The summed E-state index contributed by atoms with van der Waals surface area (Å²) in [4.78, 5) is 15.4. The Bertz CT molecular complexity index is 2160. The van der Waals surface area contributed by atoms with Crippen LogP contribution in [0, 0.1) is 23.7 Å². The van der Waals surface area contributed by atoms with Gasteiger partial charge in [0.25, 0.3) is 0 Å². The molecule has 40 nitrogen and oxygen atoms in total. The number of amidine groups is 1. The van der Waals surface area contributed by atoms with Crippen LogP contribution in [0.5, 0.6) is 0 Å². The summed E-state index contributed by atoms with van der Waals surface area (Å²) in [7, 11) is 0. The topological polar surface area (TPSA) is 794 Å². The molecule has 6 aliphatic carbocycles. The summed E-state index contributed by atoms with van der Waals surface area (Å²) < 4.78 is 0. The Morgan fingerprint density at radius 2 is 0.781 bits per heavy atom. The van der Waals surface area contributed by atoms with Gasteiger partial charge in [-0.25, -0.2) is 0 Å². The molecule has 0 aromatic heterocycles. The van der Waals surface area contributed by atoms with Crippen LogP contribution in [0.1, 0.15) is 219 Å². The molecule has 128 heavy (non-hydrogen) atoms. The minimum atomic E-state index is -1.21. The maximum absolute atomic E-state index is 9.05. The van der Waals surface area contributed by atoms with Gasteiger partial charge in [-0.05, 0) is 237 Å². The van der Waals surface area contributed by atoms with Gasteiger partial charge in [0.05, 0.1) is 109 Å². The highest BCUT2D eigenvalue weighted by atomic mass is 16.3. The zero-order valence-electron chi connectivity index (χ0n) is 80.5. The second kappa shape index (κ2) is 97.4. The molecule has 8 fully saturated rings. The number of aliphatic hydroxyl groups excluding tert-OH is 14. The number of unbranched alkanes of at least 4 members (excludes halogenated alkanes) is 1. The van der Waals surface area contributed by atoms with E-state index in [2.05, 4.69) is 46.4 Å². The van der Waals surface area contributed by atoms with Gasteiger partial charge in [-0.1, -0.05) is 25.7 Å². The van der Waals surface area contributed by atoms with Crippen LogP contribution in [-0.4, -0.2) is 406 Å². The summed E-state index contributed by atoms with van der Waals surface area (Å²) >= 11 is 0. The molecule has 10 aliphatic rings.